The molecule has 0 unspecified atom stereocenters. The summed E-state index contributed by atoms with van der Waals surface area (Å²) in [6.07, 6.45) is -1.14. The summed E-state index contributed by atoms with van der Waals surface area (Å²) in [7, 11) is 0. The van der Waals surface area contributed by atoms with Gasteiger partial charge in [0.25, 0.3) is 0 Å². The van der Waals surface area contributed by atoms with E-state index in [1.807, 2.05) is 6.07 Å². The highest BCUT2D eigenvalue weighted by Crippen LogP contribution is 2.26. The lowest BCUT2D eigenvalue weighted by atomic mass is 10.2. The van der Waals surface area contributed by atoms with Crippen LogP contribution >= 0.6 is 0 Å². The summed E-state index contributed by atoms with van der Waals surface area (Å²) < 4.78 is 42.1. The molecule has 0 saturated heterocycles. The standard InChI is InChI=1S/C15H12F3N5O/c1-19-8-13-14(21-22-20-13)10-6-7-23(9-10)11-2-4-12(5-3-11)24-15(16,17)18/h2-7,9H,1,8H2,(H,20,21,22). The highest BCUT2D eigenvalue weighted by Gasteiger charge is 2.30. The summed E-state index contributed by atoms with van der Waals surface area (Å²) in [5, 5.41) is 10.6. The van der Waals surface area contributed by atoms with Crippen molar-refractivity contribution in [3.63, 3.8) is 0 Å². The number of alkyl halides is 3. The lowest BCUT2D eigenvalue weighted by Crippen LogP contribution is -2.17. The summed E-state index contributed by atoms with van der Waals surface area (Å²) in [6, 6.07) is 7.39. The van der Waals surface area contributed by atoms with Crippen molar-refractivity contribution in [3.05, 3.63) is 48.4 Å². The third kappa shape index (κ3) is 3.45. The summed E-state index contributed by atoms with van der Waals surface area (Å²) in [5.74, 6) is -0.269. The minimum absolute atomic E-state index is 0.269. The summed E-state index contributed by atoms with van der Waals surface area (Å²) in [6.45, 7) is 3.76. The molecule has 2 aromatic heterocycles. The molecule has 9 heteroatoms. The highest BCUT2D eigenvalue weighted by atomic mass is 19.4. The number of aromatic amines is 1. The number of hydrogen-bond acceptors (Lipinski definition) is 4. The van der Waals surface area contributed by atoms with Crippen LogP contribution in [0.4, 0.5) is 13.2 Å². The number of rotatable bonds is 5. The lowest BCUT2D eigenvalue weighted by molar-refractivity contribution is -0.274. The molecule has 24 heavy (non-hydrogen) atoms. The number of aliphatic imine (C=N–C) groups is 1. The van der Waals surface area contributed by atoms with E-state index >= 15 is 0 Å². The van der Waals surface area contributed by atoms with Crippen LogP contribution < -0.4 is 4.74 Å². The summed E-state index contributed by atoms with van der Waals surface area (Å²) in [5.41, 5.74) is 2.80. The Hall–Kier alpha value is -3.10. The van der Waals surface area contributed by atoms with E-state index < -0.39 is 6.36 Å². The van der Waals surface area contributed by atoms with Crippen LogP contribution in [0.5, 0.6) is 5.75 Å². The van der Waals surface area contributed by atoms with Crippen LogP contribution in [0.25, 0.3) is 16.9 Å². The van der Waals surface area contributed by atoms with E-state index in [-0.39, 0.29) is 5.75 Å². The van der Waals surface area contributed by atoms with Crippen molar-refractivity contribution in [2.24, 2.45) is 4.99 Å². The van der Waals surface area contributed by atoms with Crippen LogP contribution in [0.15, 0.2) is 47.7 Å². The second kappa shape index (κ2) is 6.19. The van der Waals surface area contributed by atoms with E-state index in [0.29, 0.717) is 23.6 Å². The number of hydrogen-bond donors (Lipinski definition) is 1. The molecule has 0 bridgehead atoms. The van der Waals surface area contributed by atoms with Crippen molar-refractivity contribution < 1.29 is 17.9 Å². The van der Waals surface area contributed by atoms with Gasteiger partial charge in [-0.05, 0) is 37.0 Å². The molecule has 2 heterocycles. The molecule has 0 atom stereocenters. The van der Waals surface area contributed by atoms with E-state index in [2.05, 4.69) is 31.9 Å². The van der Waals surface area contributed by atoms with Crippen LogP contribution in [-0.2, 0) is 6.54 Å². The van der Waals surface area contributed by atoms with Crippen molar-refractivity contribution in [2.45, 2.75) is 12.9 Å². The molecule has 0 aliphatic carbocycles. The summed E-state index contributed by atoms with van der Waals surface area (Å²) in [4.78, 5) is 3.78. The Morgan fingerprint density at radius 3 is 2.58 bits per heavy atom. The first-order valence-corrected chi connectivity index (χ1v) is 6.83. The smallest absolute Gasteiger partial charge is 0.406 e. The molecule has 0 aliphatic rings. The Morgan fingerprint density at radius 2 is 1.92 bits per heavy atom. The van der Waals surface area contributed by atoms with Gasteiger partial charge in [0.1, 0.15) is 17.1 Å². The first kappa shape index (κ1) is 15.8. The highest BCUT2D eigenvalue weighted by molar-refractivity contribution is 5.61. The fraction of sp³-hybridized carbons (Fsp3) is 0.133. The predicted octanol–water partition coefficient (Wildman–Crippen LogP) is 3.36. The molecule has 0 aliphatic heterocycles. The zero-order chi connectivity index (χ0) is 17.2. The molecule has 1 N–H and O–H groups in total. The van der Waals surface area contributed by atoms with Crippen LogP contribution in [0, 0.1) is 0 Å². The van der Waals surface area contributed by atoms with Crippen molar-refractivity contribution in [1.82, 2.24) is 20.0 Å². The third-order valence-electron chi connectivity index (χ3n) is 3.22. The lowest BCUT2D eigenvalue weighted by Gasteiger charge is -2.09. The summed E-state index contributed by atoms with van der Waals surface area (Å²) >= 11 is 0. The number of nitrogens with zero attached hydrogens (tertiary/aromatic N) is 4. The molecule has 0 radical (unpaired) electrons. The second-order valence-electron chi connectivity index (χ2n) is 4.85. The molecule has 1 aromatic carbocycles. The number of aromatic nitrogens is 4. The minimum atomic E-state index is -4.70. The van der Waals surface area contributed by atoms with Crippen molar-refractivity contribution in [3.8, 4) is 22.7 Å². The molecule has 0 fully saturated rings. The van der Waals surface area contributed by atoms with Gasteiger partial charge in [-0.1, -0.05) is 0 Å². The molecule has 6 nitrogen and oxygen atoms in total. The molecule has 3 aromatic rings. The maximum absolute atomic E-state index is 12.2. The second-order valence-corrected chi connectivity index (χ2v) is 4.85. The zero-order valence-corrected chi connectivity index (χ0v) is 12.3. The SMILES string of the molecule is C=NCc1n[nH]nc1-c1ccn(-c2ccc(OC(F)(F)F)cc2)c1. The predicted molar refractivity (Wildman–Crippen MR) is 81.1 cm³/mol. The average molecular weight is 335 g/mol. The van der Waals surface area contributed by atoms with Crippen molar-refractivity contribution in [1.29, 1.82) is 0 Å². The maximum atomic E-state index is 12.2. The van der Waals surface area contributed by atoms with E-state index in [4.69, 9.17) is 0 Å². The molecule has 0 amide bonds. The Kier molecular flexibility index (Phi) is 4.07. The number of H-pyrrole nitrogens is 1. The van der Waals surface area contributed by atoms with Crippen LogP contribution in [0.2, 0.25) is 0 Å². The maximum Gasteiger partial charge on any atom is 0.573 e. The first-order chi connectivity index (χ1) is 11.5. The minimum Gasteiger partial charge on any atom is -0.406 e. The fourth-order valence-corrected chi connectivity index (χ4v) is 2.22. The van der Waals surface area contributed by atoms with E-state index in [1.165, 1.54) is 24.3 Å². The van der Waals surface area contributed by atoms with Gasteiger partial charge in [-0.2, -0.15) is 15.4 Å². The zero-order valence-electron chi connectivity index (χ0n) is 12.3. The van der Waals surface area contributed by atoms with Crippen molar-refractivity contribution in [2.75, 3.05) is 0 Å². The van der Waals surface area contributed by atoms with Crippen LogP contribution in [-0.4, -0.2) is 33.1 Å². The first-order valence-electron chi connectivity index (χ1n) is 6.83. The van der Waals surface area contributed by atoms with Gasteiger partial charge in [-0.3, -0.25) is 4.99 Å². The van der Waals surface area contributed by atoms with E-state index in [0.717, 1.165) is 5.56 Å². The molecule has 124 valence electrons. The molecular weight excluding hydrogens is 323 g/mol. The molecule has 3 rings (SSSR count). The molecule has 0 saturated carbocycles. The number of benzene rings is 1. The van der Waals surface area contributed by atoms with Gasteiger partial charge in [0.2, 0.25) is 0 Å². The van der Waals surface area contributed by atoms with E-state index in [1.54, 1.807) is 17.0 Å². The van der Waals surface area contributed by atoms with Gasteiger partial charge in [0.15, 0.2) is 0 Å². The largest absolute Gasteiger partial charge is 0.573 e. The molecule has 0 spiro atoms. The number of ether oxygens (including phenoxy) is 1. The number of halogens is 3. The topological polar surface area (TPSA) is 68.1 Å². The fourth-order valence-electron chi connectivity index (χ4n) is 2.22. The average Bonchev–Trinajstić information content (AvgIpc) is 3.15. The van der Waals surface area contributed by atoms with Gasteiger partial charge in [-0.15, -0.1) is 13.2 Å². The monoisotopic (exact) mass is 335 g/mol. The Balaban J connectivity index is 1.83. The normalized spacial score (nSPS) is 11.5. The van der Waals surface area contributed by atoms with Gasteiger partial charge in [0.05, 0.1) is 6.54 Å². The van der Waals surface area contributed by atoms with Gasteiger partial charge in [0, 0.05) is 23.6 Å². The van der Waals surface area contributed by atoms with Gasteiger partial charge < -0.3 is 9.30 Å². The van der Waals surface area contributed by atoms with Crippen LogP contribution in [0.1, 0.15) is 5.69 Å². The quantitative estimate of drug-likeness (QED) is 0.727. The number of nitrogens with one attached hydrogen (secondary N) is 1. The van der Waals surface area contributed by atoms with Crippen LogP contribution in [0.3, 0.4) is 0 Å². The van der Waals surface area contributed by atoms with Gasteiger partial charge in [-0.25, -0.2) is 0 Å². The van der Waals surface area contributed by atoms with E-state index in [9.17, 15) is 13.2 Å². The van der Waals surface area contributed by atoms with Gasteiger partial charge >= 0.3 is 6.36 Å². The Labute approximate surface area is 134 Å². The Morgan fingerprint density at radius 1 is 1.17 bits per heavy atom. The Bertz CT molecular complexity index is 835. The van der Waals surface area contributed by atoms with Crippen molar-refractivity contribution >= 4 is 6.72 Å². The third-order valence-corrected chi connectivity index (χ3v) is 3.22. The molecular formula is C15H12F3N5O.